The summed E-state index contributed by atoms with van der Waals surface area (Å²) in [6.07, 6.45) is 4.07. The minimum Gasteiger partial charge on any atom is -0.308 e. The molecule has 0 saturated carbocycles. The molecule has 0 amide bonds. The van der Waals surface area contributed by atoms with Crippen LogP contribution in [0.25, 0.3) is 259 Å². The second-order valence-corrected chi connectivity index (χ2v) is 36.6. The number of aromatic nitrogens is 12. The van der Waals surface area contributed by atoms with Crippen LogP contribution < -0.4 is 0 Å². The SMILES string of the molecule is c1ccc(-c2nc(-c3ccccc3)nc(-c3cc(-n4c5ccccc5c5c6sc7ccccc7c6ccc54)cnc3-n3c4ccccc4c4c5sc6ccccc6c5ccc43)n2)cc1.c1ccc(-c2nc(-c3ccccc3)nc(-c3cc(-n4c5ccccc5c5ccc6sc7ccccc7c6c54)cnc3-n3c4ccccc4c4ccc5sc6ccccc6c5c43)n2)cc1. The van der Waals surface area contributed by atoms with Crippen LogP contribution in [0, 0.1) is 0 Å². The molecule has 0 N–H and O–H groups in total. The number of rotatable bonds is 10. The number of pyridine rings is 2. The van der Waals surface area contributed by atoms with Gasteiger partial charge in [-0.1, -0.05) is 291 Å². The van der Waals surface area contributed by atoms with Crippen molar-refractivity contribution in [1.82, 2.24) is 58.1 Å². The standard InChI is InChI=1S/2C56H32N6S2/c1-3-15-33(16-4-1)53-58-54(34-17-5-2-6-18-34)60-55(59-53)42-31-35(61-43-23-11-7-21-40(43)49-45(61)29-27-38-36-19-9-13-25-47(36)63-51(38)49)32-57-56(42)62-44-24-12-8-22-41(44)50-46(62)30-28-39-37-20-10-14-26-48(37)64-52(39)50;1-3-15-33(16-4-1)53-58-54(34-17-5-2-6-18-34)60-55(59-53)42-31-35(61-43-23-11-7-19-36(43)38-27-29-47-49(51(38)61)40-21-9-13-25-45(40)63-47)32-57-56(42)62-44-24-12-8-20-37(44)39-28-30-48-50(52(39)62)41-22-10-14-26-46(41)64-48/h2*1-32H. The van der Waals surface area contributed by atoms with Crippen LogP contribution in [0.1, 0.15) is 0 Å². The van der Waals surface area contributed by atoms with E-state index in [2.05, 4.69) is 322 Å². The first-order valence-corrected chi connectivity index (χ1v) is 45.9. The summed E-state index contributed by atoms with van der Waals surface area (Å²) in [6, 6.07) is 133. The zero-order valence-corrected chi connectivity index (χ0v) is 71.2. The summed E-state index contributed by atoms with van der Waals surface area (Å²) >= 11 is 7.37. The monoisotopic (exact) mass is 1700 g/mol. The summed E-state index contributed by atoms with van der Waals surface area (Å²) in [6.45, 7) is 0. The second kappa shape index (κ2) is 28.7. The van der Waals surface area contributed by atoms with E-state index in [1.165, 1.54) is 118 Å². The summed E-state index contributed by atoms with van der Waals surface area (Å²) in [7, 11) is 0. The molecule has 12 heterocycles. The van der Waals surface area contributed by atoms with Crippen molar-refractivity contribution < 1.29 is 0 Å². The molecule has 0 bridgehead atoms. The van der Waals surface area contributed by atoms with E-state index in [1.54, 1.807) is 0 Å². The number of hydrogen-bond donors (Lipinski definition) is 0. The van der Waals surface area contributed by atoms with Gasteiger partial charge in [0.1, 0.15) is 11.6 Å². The molecule has 0 radical (unpaired) electrons. The number of nitrogens with zero attached hydrogens (tertiary/aromatic N) is 12. The van der Waals surface area contributed by atoms with Gasteiger partial charge in [0.2, 0.25) is 0 Å². The molecule has 16 aromatic carbocycles. The van der Waals surface area contributed by atoms with E-state index < -0.39 is 0 Å². The van der Waals surface area contributed by atoms with Crippen molar-refractivity contribution in [3.63, 3.8) is 0 Å². The highest BCUT2D eigenvalue weighted by atomic mass is 32.1. The van der Waals surface area contributed by atoms with E-state index in [0.717, 1.165) is 106 Å². The first-order chi connectivity index (χ1) is 63.5. The van der Waals surface area contributed by atoms with Crippen molar-refractivity contribution in [2.45, 2.75) is 0 Å². The minimum absolute atomic E-state index is 0.539. The lowest BCUT2D eigenvalue weighted by Gasteiger charge is -2.17. The Hall–Kier alpha value is -16.1. The Bertz CT molecular complexity index is 9380. The summed E-state index contributed by atoms with van der Waals surface area (Å²) in [5, 5.41) is 19.6. The van der Waals surface area contributed by atoms with Crippen molar-refractivity contribution in [3.05, 3.63) is 389 Å². The van der Waals surface area contributed by atoms with Gasteiger partial charge in [0.25, 0.3) is 0 Å². The van der Waals surface area contributed by atoms with Crippen LogP contribution in [-0.4, -0.2) is 58.1 Å². The van der Waals surface area contributed by atoms with Gasteiger partial charge in [-0.15, -0.1) is 45.3 Å². The number of fused-ring (bicyclic) bond motifs is 28. The normalized spacial score (nSPS) is 12.1. The van der Waals surface area contributed by atoms with Gasteiger partial charge in [-0.05, 0) is 84.9 Å². The molecule has 28 rings (SSSR count). The highest BCUT2D eigenvalue weighted by Crippen LogP contribution is 2.51. The molecule has 0 aliphatic rings. The Kier molecular flexibility index (Phi) is 16.3. The predicted octanol–water partition coefficient (Wildman–Crippen LogP) is 30.4. The summed E-state index contributed by atoms with van der Waals surface area (Å²) < 4.78 is 19.5. The second-order valence-electron chi connectivity index (χ2n) is 32.4. The summed E-state index contributed by atoms with van der Waals surface area (Å²) in [5.74, 6) is 4.95. The largest absolute Gasteiger partial charge is 0.308 e. The maximum absolute atomic E-state index is 5.62. The fourth-order valence-corrected chi connectivity index (χ4v) is 24.4. The van der Waals surface area contributed by atoms with Crippen LogP contribution >= 0.6 is 45.3 Å². The molecule has 596 valence electrons. The third kappa shape index (κ3) is 11.2. The van der Waals surface area contributed by atoms with Crippen molar-refractivity contribution in [2.24, 2.45) is 0 Å². The van der Waals surface area contributed by atoms with Gasteiger partial charge in [-0.2, -0.15) is 0 Å². The highest BCUT2D eigenvalue weighted by molar-refractivity contribution is 7.28. The zero-order valence-electron chi connectivity index (χ0n) is 67.9. The lowest BCUT2D eigenvalue weighted by atomic mass is 10.1. The maximum Gasteiger partial charge on any atom is 0.167 e. The summed E-state index contributed by atoms with van der Waals surface area (Å²) in [5.41, 5.74) is 15.9. The van der Waals surface area contributed by atoms with Gasteiger partial charge in [-0.25, -0.2) is 39.9 Å². The van der Waals surface area contributed by atoms with Crippen LogP contribution in [0.4, 0.5) is 0 Å². The molecule has 16 heteroatoms. The molecule has 0 aliphatic carbocycles. The first kappa shape index (κ1) is 72.4. The Morgan fingerprint density at radius 1 is 0.188 bits per heavy atom. The molecule has 0 spiro atoms. The van der Waals surface area contributed by atoms with Crippen molar-refractivity contribution in [1.29, 1.82) is 0 Å². The molecule has 0 atom stereocenters. The zero-order chi connectivity index (χ0) is 83.8. The fourth-order valence-electron chi connectivity index (χ4n) is 19.7. The van der Waals surface area contributed by atoms with Gasteiger partial charge in [-0.3, -0.25) is 9.13 Å². The molecule has 12 nitrogen and oxygen atoms in total. The fraction of sp³-hybridized carbons (Fsp3) is 0. The van der Waals surface area contributed by atoms with Gasteiger partial charge in [0, 0.05) is 146 Å². The molecule has 128 heavy (non-hydrogen) atoms. The Labute approximate surface area is 745 Å². The van der Waals surface area contributed by atoms with Crippen LogP contribution in [0.15, 0.2) is 389 Å². The molecule has 28 aromatic rings. The average molecular weight is 1710 g/mol. The topological polar surface area (TPSA) is 123 Å². The Morgan fingerprint density at radius 2 is 0.492 bits per heavy atom. The van der Waals surface area contributed by atoms with Gasteiger partial charge in [0.05, 0.1) is 79.0 Å². The lowest BCUT2D eigenvalue weighted by Crippen LogP contribution is -2.07. The third-order valence-electron chi connectivity index (χ3n) is 25.2. The molecule has 0 unspecified atom stereocenters. The van der Waals surface area contributed by atoms with Crippen LogP contribution in [0.2, 0.25) is 0 Å². The molecule has 0 aliphatic heterocycles. The summed E-state index contributed by atoms with van der Waals surface area (Å²) in [4.78, 5) is 42.8. The van der Waals surface area contributed by atoms with E-state index in [1.807, 2.05) is 131 Å². The van der Waals surface area contributed by atoms with E-state index in [4.69, 9.17) is 39.9 Å². The van der Waals surface area contributed by atoms with E-state index in [9.17, 15) is 0 Å². The first-order valence-electron chi connectivity index (χ1n) is 42.6. The molecular formula is C112H64N12S4. The average Bonchev–Trinajstić information content (AvgIpc) is 1.55. The van der Waals surface area contributed by atoms with E-state index >= 15 is 0 Å². The van der Waals surface area contributed by atoms with Crippen LogP contribution in [0.5, 0.6) is 0 Å². The number of benzene rings is 16. The van der Waals surface area contributed by atoms with Crippen molar-refractivity contribution in [3.8, 4) is 91.3 Å². The quantitative estimate of drug-likeness (QED) is 0.133. The molecular weight excluding hydrogens is 1640 g/mol. The van der Waals surface area contributed by atoms with Gasteiger partial charge >= 0.3 is 0 Å². The predicted molar refractivity (Wildman–Crippen MR) is 537 cm³/mol. The van der Waals surface area contributed by atoms with Crippen molar-refractivity contribution >= 4 is 213 Å². The minimum atomic E-state index is 0.539. The smallest absolute Gasteiger partial charge is 0.167 e. The number of thiophene rings is 4. The van der Waals surface area contributed by atoms with Gasteiger partial charge in [0.15, 0.2) is 34.9 Å². The van der Waals surface area contributed by atoms with Crippen LogP contribution in [0.3, 0.4) is 0 Å². The Morgan fingerprint density at radius 3 is 0.922 bits per heavy atom. The maximum atomic E-state index is 5.62. The van der Waals surface area contributed by atoms with E-state index in [0.29, 0.717) is 34.9 Å². The van der Waals surface area contributed by atoms with E-state index in [-0.39, 0.29) is 0 Å². The van der Waals surface area contributed by atoms with Crippen LogP contribution in [-0.2, 0) is 0 Å². The lowest BCUT2D eigenvalue weighted by molar-refractivity contribution is 1.03. The number of hydrogen-bond acceptors (Lipinski definition) is 12. The van der Waals surface area contributed by atoms with Crippen molar-refractivity contribution in [2.75, 3.05) is 0 Å². The molecule has 12 aromatic heterocycles. The Balaban J connectivity index is 0.000000132. The third-order valence-corrected chi connectivity index (χ3v) is 29.9. The molecule has 0 saturated heterocycles. The van der Waals surface area contributed by atoms with Gasteiger partial charge < -0.3 is 9.13 Å². The number of para-hydroxylation sites is 4. The molecule has 0 fully saturated rings. The highest BCUT2D eigenvalue weighted by Gasteiger charge is 2.30.